The largest absolute Gasteiger partial charge is 0.480 e. The molecule has 4 rings (SSSR count). The fourth-order valence-corrected chi connectivity index (χ4v) is 3.91. The number of hydrogen-bond acceptors (Lipinski definition) is 6. The summed E-state index contributed by atoms with van der Waals surface area (Å²) in [5.74, 6) is 1.04. The number of nitrogens with one attached hydrogen (secondary N) is 1. The van der Waals surface area contributed by atoms with Crippen molar-refractivity contribution in [2.24, 2.45) is 0 Å². The van der Waals surface area contributed by atoms with Gasteiger partial charge in [0.2, 0.25) is 11.8 Å². The highest BCUT2D eigenvalue weighted by Crippen LogP contribution is 2.31. The Morgan fingerprint density at radius 3 is 2.65 bits per heavy atom. The summed E-state index contributed by atoms with van der Waals surface area (Å²) in [6.45, 7) is 0. The lowest BCUT2D eigenvalue weighted by Gasteiger charge is -2.08. The van der Waals surface area contributed by atoms with Gasteiger partial charge in [0.05, 0.1) is 28.2 Å². The van der Waals surface area contributed by atoms with E-state index in [1.54, 1.807) is 18.4 Å². The molecule has 0 aliphatic rings. The quantitative estimate of drug-likeness (QED) is 0.478. The van der Waals surface area contributed by atoms with Crippen LogP contribution < -0.4 is 10.1 Å². The number of aromatic nitrogens is 3. The molecule has 0 bridgehead atoms. The fourth-order valence-electron chi connectivity index (χ4n) is 2.33. The molecule has 0 radical (unpaired) electrons. The van der Waals surface area contributed by atoms with Gasteiger partial charge in [-0.2, -0.15) is 4.98 Å². The molecular weight excluding hydrogens is 423 g/mol. The lowest BCUT2D eigenvalue weighted by Crippen LogP contribution is -2.00. The van der Waals surface area contributed by atoms with E-state index in [1.165, 1.54) is 0 Å². The molecule has 0 aliphatic heterocycles. The smallest absolute Gasteiger partial charge is 0.232 e. The van der Waals surface area contributed by atoms with Gasteiger partial charge in [-0.15, -0.1) is 0 Å². The van der Waals surface area contributed by atoms with E-state index in [9.17, 15) is 0 Å². The Labute approximate surface area is 149 Å². The van der Waals surface area contributed by atoms with Gasteiger partial charge in [-0.3, -0.25) is 5.32 Å². The molecule has 0 spiro atoms. The Bertz CT molecular complexity index is 984. The van der Waals surface area contributed by atoms with Crippen LogP contribution in [0.25, 0.3) is 21.1 Å². The second-order valence-corrected chi connectivity index (χ2v) is 7.00. The van der Waals surface area contributed by atoms with Gasteiger partial charge in [0.25, 0.3) is 0 Å². The number of thiazole rings is 1. The zero-order valence-corrected chi connectivity index (χ0v) is 15.1. The Hall–Kier alpha value is -2.00. The minimum Gasteiger partial charge on any atom is -0.480 e. The molecule has 0 aliphatic carbocycles. The minimum absolute atomic E-state index is 0.482. The van der Waals surface area contributed by atoms with E-state index in [1.807, 2.05) is 42.5 Å². The molecule has 5 nitrogen and oxygen atoms in total. The maximum absolute atomic E-state index is 5.43. The van der Waals surface area contributed by atoms with Crippen LogP contribution in [0.4, 0.5) is 11.1 Å². The number of halogens is 1. The second-order valence-electron chi connectivity index (χ2n) is 4.80. The predicted molar refractivity (Wildman–Crippen MR) is 102 cm³/mol. The van der Waals surface area contributed by atoms with Gasteiger partial charge in [-0.1, -0.05) is 29.5 Å². The van der Waals surface area contributed by atoms with E-state index >= 15 is 0 Å². The summed E-state index contributed by atoms with van der Waals surface area (Å²) in [6, 6.07) is 13.9. The molecule has 2 aromatic carbocycles. The molecule has 4 aromatic rings. The number of fused-ring (bicyclic) bond motifs is 2. The van der Waals surface area contributed by atoms with Gasteiger partial charge in [0, 0.05) is 3.57 Å². The first-order valence-electron chi connectivity index (χ1n) is 6.87. The maximum Gasteiger partial charge on any atom is 0.232 e. The van der Waals surface area contributed by atoms with Crippen LogP contribution in [0.15, 0.2) is 42.5 Å². The van der Waals surface area contributed by atoms with Crippen molar-refractivity contribution < 1.29 is 4.74 Å². The van der Waals surface area contributed by atoms with Crippen LogP contribution in [0.3, 0.4) is 0 Å². The number of rotatable bonds is 3. The van der Waals surface area contributed by atoms with Crippen LogP contribution >= 0.6 is 33.9 Å². The maximum atomic E-state index is 5.43. The van der Waals surface area contributed by atoms with E-state index in [0.717, 1.165) is 29.8 Å². The number of benzene rings is 2. The number of ether oxygens (including phenoxy) is 1. The molecule has 1 N–H and O–H groups in total. The summed E-state index contributed by atoms with van der Waals surface area (Å²) in [5, 5.41) is 4.87. The number of anilines is 2. The summed E-state index contributed by atoms with van der Waals surface area (Å²) in [7, 11) is 1.62. The van der Waals surface area contributed by atoms with Crippen LogP contribution in [0.5, 0.6) is 5.88 Å². The summed E-state index contributed by atoms with van der Waals surface area (Å²) in [5.41, 5.74) is 1.80. The zero-order valence-electron chi connectivity index (χ0n) is 12.1. The van der Waals surface area contributed by atoms with Crippen molar-refractivity contribution in [1.82, 2.24) is 15.0 Å². The van der Waals surface area contributed by atoms with Gasteiger partial charge in [0.15, 0.2) is 5.13 Å². The number of hydrogen-bond donors (Lipinski definition) is 1. The third kappa shape index (κ3) is 2.70. The Morgan fingerprint density at radius 2 is 1.83 bits per heavy atom. The van der Waals surface area contributed by atoms with E-state index in [2.05, 4.69) is 42.9 Å². The average Bonchev–Trinajstić information content (AvgIpc) is 2.96. The molecule has 2 heterocycles. The lowest BCUT2D eigenvalue weighted by molar-refractivity contribution is 0.403. The van der Waals surface area contributed by atoms with Crippen molar-refractivity contribution >= 4 is 66.1 Å². The standard InChI is InChI=1S/C16H11IN4OS/c1-22-14-13-9(17)5-4-7-11(13)18-15(20-14)21-16-19-10-6-2-3-8-12(10)23-16/h2-8H,1H3,(H,18,19,20,21). The second kappa shape index (κ2) is 5.89. The summed E-state index contributed by atoms with van der Waals surface area (Å²) >= 11 is 3.83. The Morgan fingerprint density at radius 1 is 1.00 bits per heavy atom. The Balaban J connectivity index is 1.79. The number of methoxy groups -OCH3 is 1. The molecule has 23 heavy (non-hydrogen) atoms. The van der Waals surface area contributed by atoms with E-state index in [4.69, 9.17) is 4.74 Å². The van der Waals surface area contributed by atoms with Gasteiger partial charge in [0.1, 0.15) is 0 Å². The molecule has 2 aromatic heterocycles. The fraction of sp³-hybridized carbons (Fsp3) is 0.0625. The molecule has 0 fully saturated rings. The first-order valence-corrected chi connectivity index (χ1v) is 8.77. The van der Waals surface area contributed by atoms with E-state index in [0.29, 0.717) is 11.8 Å². The molecule has 0 atom stereocenters. The van der Waals surface area contributed by atoms with Crippen LogP contribution in [-0.2, 0) is 0 Å². The third-order valence-electron chi connectivity index (χ3n) is 3.35. The molecule has 7 heteroatoms. The summed E-state index contributed by atoms with van der Waals surface area (Å²) < 4.78 is 7.61. The van der Waals surface area contributed by atoms with Gasteiger partial charge >= 0.3 is 0 Å². The van der Waals surface area contributed by atoms with Crippen LogP contribution in [0, 0.1) is 3.57 Å². The molecule has 0 saturated heterocycles. The highest BCUT2D eigenvalue weighted by molar-refractivity contribution is 14.1. The minimum atomic E-state index is 0.482. The highest BCUT2D eigenvalue weighted by atomic mass is 127. The van der Waals surface area contributed by atoms with Gasteiger partial charge in [-0.25, -0.2) is 9.97 Å². The first kappa shape index (κ1) is 14.6. The van der Waals surface area contributed by atoms with Crippen molar-refractivity contribution in [3.05, 3.63) is 46.0 Å². The van der Waals surface area contributed by atoms with Gasteiger partial charge < -0.3 is 4.74 Å². The van der Waals surface area contributed by atoms with Crippen molar-refractivity contribution in [2.45, 2.75) is 0 Å². The monoisotopic (exact) mass is 434 g/mol. The molecule has 114 valence electrons. The Kier molecular flexibility index (Phi) is 3.74. The predicted octanol–water partition coefficient (Wildman–Crippen LogP) is 4.60. The van der Waals surface area contributed by atoms with Crippen LogP contribution in [0.1, 0.15) is 0 Å². The van der Waals surface area contributed by atoms with E-state index in [-0.39, 0.29) is 0 Å². The van der Waals surface area contributed by atoms with Crippen LogP contribution in [0.2, 0.25) is 0 Å². The number of para-hydroxylation sites is 1. The highest BCUT2D eigenvalue weighted by Gasteiger charge is 2.12. The molecule has 0 unspecified atom stereocenters. The zero-order chi connectivity index (χ0) is 15.8. The average molecular weight is 434 g/mol. The third-order valence-corrected chi connectivity index (χ3v) is 5.20. The molecule has 0 amide bonds. The molecule has 0 saturated carbocycles. The van der Waals surface area contributed by atoms with Crippen molar-refractivity contribution in [2.75, 3.05) is 12.4 Å². The number of nitrogens with zero attached hydrogens (tertiary/aromatic N) is 3. The summed E-state index contributed by atoms with van der Waals surface area (Å²) in [4.78, 5) is 13.6. The topological polar surface area (TPSA) is 59.9 Å². The van der Waals surface area contributed by atoms with E-state index < -0.39 is 0 Å². The SMILES string of the molecule is COc1nc(Nc2nc3ccccc3s2)nc2cccc(I)c12. The van der Waals surface area contributed by atoms with Crippen molar-refractivity contribution in [3.63, 3.8) is 0 Å². The molecular formula is C16H11IN4OS. The van der Waals surface area contributed by atoms with Crippen molar-refractivity contribution in [3.8, 4) is 5.88 Å². The normalized spacial score (nSPS) is 11.0. The van der Waals surface area contributed by atoms with Gasteiger partial charge in [-0.05, 0) is 46.9 Å². The summed E-state index contributed by atoms with van der Waals surface area (Å²) in [6.07, 6.45) is 0. The van der Waals surface area contributed by atoms with Crippen molar-refractivity contribution in [1.29, 1.82) is 0 Å². The first-order chi connectivity index (χ1) is 11.2. The lowest BCUT2D eigenvalue weighted by atomic mass is 10.2. The van der Waals surface area contributed by atoms with Crippen LogP contribution in [-0.4, -0.2) is 22.1 Å².